The first-order valence-corrected chi connectivity index (χ1v) is 7.19. The quantitative estimate of drug-likeness (QED) is 0.234. The summed E-state index contributed by atoms with van der Waals surface area (Å²) in [6, 6.07) is 0. The number of nitrogens with one attached hydrogen (secondary N) is 1. The molecule has 0 radical (unpaired) electrons. The third kappa shape index (κ3) is 11.6. The second-order valence-corrected chi connectivity index (χ2v) is 4.67. The standard InChI is InChI=1S/C9H20N4.H2O4S/c1-2-3-4-12-9(10)13-7-5-11-6-8-13;1-5(2,3)4/h11H,2-8H2,1H3,(H2,10,12);(H2,1,2,3,4). The van der Waals surface area contributed by atoms with Crippen LogP contribution < -0.4 is 11.1 Å². The minimum absolute atomic E-state index is 0.718. The van der Waals surface area contributed by atoms with Gasteiger partial charge in [0.05, 0.1) is 0 Å². The van der Waals surface area contributed by atoms with Crippen LogP contribution in [0.2, 0.25) is 0 Å². The van der Waals surface area contributed by atoms with E-state index in [4.69, 9.17) is 23.3 Å². The van der Waals surface area contributed by atoms with E-state index in [2.05, 4.69) is 22.1 Å². The van der Waals surface area contributed by atoms with Crippen LogP contribution in [-0.2, 0) is 10.4 Å². The van der Waals surface area contributed by atoms with Crippen LogP contribution in [0.4, 0.5) is 0 Å². The van der Waals surface area contributed by atoms with E-state index in [0.29, 0.717) is 0 Å². The van der Waals surface area contributed by atoms with E-state index < -0.39 is 10.4 Å². The molecule has 0 spiro atoms. The predicted molar refractivity (Wildman–Crippen MR) is 70.0 cm³/mol. The predicted octanol–water partition coefficient (Wildman–Crippen LogP) is -0.646. The van der Waals surface area contributed by atoms with Gasteiger partial charge in [-0.3, -0.25) is 14.1 Å². The van der Waals surface area contributed by atoms with Crippen molar-refractivity contribution in [2.75, 3.05) is 32.7 Å². The third-order valence-electron chi connectivity index (χ3n) is 2.23. The Hall–Kier alpha value is -0.900. The number of guanidine groups is 1. The molecule has 1 heterocycles. The fourth-order valence-electron chi connectivity index (χ4n) is 1.35. The molecule has 0 atom stereocenters. The van der Waals surface area contributed by atoms with Gasteiger partial charge in [0.2, 0.25) is 0 Å². The molecule has 0 aliphatic carbocycles. The first-order chi connectivity index (χ1) is 8.34. The molecule has 5 N–H and O–H groups in total. The van der Waals surface area contributed by atoms with Crippen LogP contribution in [0.25, 0.3) is 0 Å². The molecule has 0 unspecified atom stereocenters. The van der Waals surface area contributed by atoms with Crippen molar-refractivity contribution in [3.63, 3.8) is 0 Å². The van der Waals surface area contributed by atoms with Gasteiger partial charge < -0.3 is 16.0 Å². The average molecular weight is 282 g/mol. The second-order valence-electron chi connectivity index (χ2n) is 3.78. The summed E-state index contributed by atoms with van der Waals surface area (Å²) in [5.41, 5.74) is 5.84. The molecule has 9 heteroatoms. The molecule has 18 heavy (non-hydrogen) atoms. The number of nitrogens with two attached hydrogens (primary N) is 1. The third-order valence-corrected chi connectivity index (χ3v) is 2.23. The molecule has 0 aromatic rings. The van der Waals surface area contributed by atoms with E-state index in [1.165, 1.54) is 6.42 Å². The lowest BCUT2D eigenvalue weighted by molar-refractivity contribution is 0.353. The van der Waals surface area contributed by atoms with Crippen molar-refractivity contribution in [2.24, 2.45) is 10.7 Å². The van der Waals surface area contributed by atoms with Gasteiger partial charge in [0.1, 0.15) is 0 Å². The summed E-state index contributed by atoms with van der Waals surface area (Å²) < 4.78 is 31.6. The molecular weight excluding hydrogens is 260 g/mol. The van der Waals surface area contributed by atoms with Gasteiger partial charge in [-0.15, -0.1) is 0 Å². The molecule has 0 saturated carbocycles. The van der Waals surface area contributed by atoms with Crippen LogP contribution in [0.3, 0.4) is 0 Å². The lowest BCUT2D eigenvalue weighted by Gasteiger charge is -2.28. The summed E-state index contributed by atoms with van der Waals surface area (Å²) in [5, 5.41) is 3.28. The van der Waals surface area contributed by atoms with Crippen LogP contribution in [0.1, 0.15) is 19.8 Å². The Morgan fingerprint density at radius 3 is 2.33 bits per heavy atom. The summed E-state index contributed by atoms with van der Waals surface area (Å²) >= 11 is 0. The fourth-order valence-corrected chi connectivity index (χ4v) is 1.35. The van der Waals surface area contributed by atoms with E-state index >= 15 is 0 Å². The minimum atomic E-state index is -4.67. The molecule has 1 aliphatic heterocycles. The lowest BCUT2D eigenvalue weighted by Crippen LogP contribution is -2.49. The summed E-state index contributed by atoms with van der Waals surface area (Å²) in [6.45, 7) is 7.04. The number of rotatable bonds is 3. The molecule has 0 bridgehead atoms. The first-order valence-electron chi connectivity index (χ1n) is 5.80. The number of aliphatic imine (C=N–C) groups is 1. The number of hydrogen-bond donors (Lipinski definition) is 4. The maximum Gasteiger partial charge on any atom is 0.394 e. The highest BCUT2D eigenvalue weighted by molar-refractivity contribution is 7.79. The Bertz CT molecular complexity index is 330. The Morgan fingerprint density at radius 2 is 1.89 bits per heavy atom. The lowest BCUT2D eigenvalue weighted by atomic mass is 10.3. The largest absolute Gasteiger partial charge is 0.394 e. The number of nitrogens with zero attached hydrogens (tertiary/aromatic N) is 2. The Kier molecular flexibility index (Phi) is 8.63. The summed E-state index contributed by atoms with van der Waals surface area (Å²) in [4.78, 5) is 6.48. The molecule has 8 nitrogen and oxygen atoms in total. The van der Waals surface area contributed by atoms with E-state index in [-0.39, 0.29) is 0 Å². The van der Waals surface area contributed by atoms with Crippen molar-refractivity contribution in [1.82, 2.24) is 10.2 Å². The van der Waals surface area contributed by atoms with Gasteiger partial charge in [-0.1, -0.05) is 13.3 Å². The van der Waals surface area contributed by atoms with Gasteiger partial charge in [0.15, 0.2) is 5.96 Å². The van der Waals surface area contributed by atoms with Crippen molar-refractivity contribution in [2.45, 2.75) is 19.8 Å². The zero-order chi connectivity index (χ0) is 14.0. The summed E-state index contributed by atoms with van der Waals surface area (Å²) in [5.74, 6) is 0.718. The van der Waals surface area contributed by atoms with Crippen molar-refractivity contribution in [3.8, 4) is 0 Å². The maximum absolute atomic E-state index is 8.74. The molecular formula is C9H22N4O4S. The van der Waals surface area contributed by atoms with E-state index in [1.54, 1.807) is 0 Å². The van der Waals surface area contributed by atoms with E-state index in [0.717, 1.165) is 45.1 Å². The molecule has 0 amide bonds. The van der Waals surface area contributed by atoms with Gasteiger partial charge in [0, 0.05) is 32.7 Å². The zero-order valence-corrected chi connectivity index (χ0v) is 11.4. The van der Waals surface area contributed by atoms with Crippen molar-refractivity contribution < 1.29 is 17.5 Å². The van der Waals surface area contributed by atoms with Gasteiger partial charge in [-0.2, -0.15) is 8.42 Å². The van der Waals surface area contributed by atoms with E-state index in [1.807, 2.05) is 0 Å². The minimum Gasteiger partial charge on any atom is -0.370 e. The van der Waals surface area contributed by atoms with Crippen LogP contribution in [0.15, 0.2) is 4.99 Å². The maximum atomic E-state index is 8.74. The second kappa shape index (κ2) is 9.09. The van der Waals surface area contributed by atoms with E-state index in [9.17, 15) is 0 Å². The number of piperazine rings is 1. The Morgan fingerprint density at radius 1 is 1.39 bits per heavy atom. The average Bonchev–Trinajstić information content (AvgIpc) is 2.28. The highest BCUT2D eigenvalue weighted by atomic mass is 32.3. The Labute approximate surface area is 108 Å². The topological polar surface area (TPSA) is 128 Å². The molecule has 1 saturated heterocycles. The van der Waals surface area contributed by atoms with Gasteiger partial charge >= 0.3 is 10.4 Å². The molecule has 0 aromatic carbocycles. The van der Waals surface area contributed by atoms with Crippen LogP contribution in [0.5, 0.6) is 0 Å². The van der Waals surface area contributed by atoms with Crippen molar-refractivity contribution in [1.29, 1.82) is 0 Å². The SMILES string of the molecule is CCCCN=C(N)N1CCNCC1.O=S(=O)(O)O. The normalized spacial score (nSPS) is 17.1. The highest BCUT2D eigenvalue weighted by Gasteiger charge is 2.10. The first kappa shape index (κ1) is 17.1. The van der Waals surface area contributed by atoms with Crippen molar-refractivity contribution >= 4 is 16.4 Å². The van der Waals surface area contributed by atoms with Gasteiger partial charge in [-0.05, 0) is 6.42 Å². The van der Waals surface area contributed by atoms with Gasteiger partial charge in [-0.25, -0.2) is 0 Å². The van der Waals surface area contributed by atoms with Crippen LogP contribution in [-0.4, -0.2) is 61.1 Å². The highest BCUT2D eigenvalue weighted by Crippen LogP contribution is 1.93. The molecule has 108 valence electrons. The van der Waals surface area contributed by atoms with Gasteiger partial charge in [0.25, 0.3) is 0 Å². The summed E-state index contributed by atoms with van der Waals surface area (Å²) in [7, 11) is -4.67. The number of unbranched alkanes of at least 4 members (excludes halogenated alkanes) is 1. The monoisotopic (exact) mass is 282 g/mol. The van der Waals surface area contributed by atoms with Crippen molar-refractivity contribution in [3.05, 3.63) is 0 Å². The fraction of sp³-hybridized carbons (Fsp3) is 0.889. The van der Waals surface area contributed by atoms with Crippen LogP contribution >= 0.6 is 0 Å². The zero-order valence-electron chi connectivity index (χ0n) is 10.5. The van der Waals surface area contributed by atoms with Crippen LogP contribution in [0, 0.1) is 0 Å². The smallest absolute Gasteiger partial charge is 0.370 e. The molecule has 0 aromatic heterocycles. The number of hydrogen-bond acceptors (Lipinski definition) is 4. The Balaban J connectivity index is 0.000000494. The molecule has 1 fully saturated rings. The molecule has 1 aliphatic rings. The molecule has 1 rings (SSSR count). The summed E-state index contributed by atoms with van der Waals surface area (Å²) in [6.07, 6.45) is 2.31.